The molecule has 1 N–H and O–H groups in total. The van der Waals surface area contributed by atoms with Crippen LogP contribution >= 0.6 is 0 Å². The number of nitrogens with zero attached hydrogens (tertiary/aromatic N) is 6. The van der Waals surface area contributed by atoms with Crippen LogP contribution in [-0.4, -0.2) is 35.9 Å². The predicted molar refractivity (Wildman–Crippen MR) is 84.0 cm³/mol. The van der Waals surface area contributed by atoms with Gasteiger partial charge < -0.3 is 0 Å². The molecule has 0 bridgehead atoms. The highest BCUT2D eigenvalue weighted by atomic mass is 16.1. The number of aryl methyl sites for hydroxylation is 1. The summed E-state index contributed by atoms with van der Waals surface area (Å²) in [6.45, 7) is 2.69. The summed E-state index contributed by atoms with van der Waals surface area (Å²) in [5.41, 5.74) is 1.62. The molecule has 23 heavy (non-hydrogen) atoms. The molecule has 8 nitrogen and oxygen atoms in total. The lowest BCUT2D eigenvalue weighted by Crippen LogP contribution is -2.16. The summed E-state index contributed by atoms with van der Waals surface area (Å²) in [6.07, 6.45) is 2.89. The van der Waals surface area contributed by atoms with Crippen LogP contribution in [0.1, 0.15) is 19.0 Å². The fraction of sp³-hybridized carbons (Fsp3) is 0.267. The van der Waals surface area contributed by atoms with Gasteiger partial charge in [0.05, 0.1) is 24.3 Å². The first kappa shape index (κ1) is 14.9. The van der Waals surface area contributed by atoms with Crippen molar-refractivity contribution in [3.63, 3.8) is 0 Å². The van der Waals surface area contributed by atoms with Crippen LogP contribution < -0.4 is 5.32 Å². The number of carbonyl (C=O) groups excluding carboxylic acids is 1. The molecule has 1 amide bonds. The number of nitrogens with one attached hydrogen (secondary N) is 1. The maximum absolute atomic E-state index is 12.0. The monoisotopic (exact) mass is 311 g/mol. The zero-order valence-corrected chi connectivity index (χ0v) is 12.8. The first-order chi connectivity index (χ1) is 11.2. The number of hydrogen-bond acceptors (Lipinski definition) is 5. The van der Waals surface area contributed by atoms with E-state index in [1.165, 1.54) is 4.80 Å². The van der Waals surface area contributed by atoms with E-state index in [2.05, 4.69) is 25.8 Å². The Morgan fingerprint density at radius 3 is 2.78 bits per heavy atom. The van der Waals surface area contributed by atoms with Gasteiger partial charge in [-0.15, -0.1) is 5.10 Å². The topological polar surface area (TPSA) is 90.5 Å². The van der Waals surface area contributed by atoms with E-state index in [1.54, 1.807) is 4.68 Å². The second kappa shape index (κ2) is 6.82. The number of rotatable bonds is 6. The summed E-state index contributed by atoms with van der Waals surface area (Å²) in [6, 6.07) is 11.5. The molecule has 0 radical (unpaired) electrons. The van der Waals surface area contributed by atoms with Gasteiger partial charge in [-0.05, 0) is 29.8 Å². The molecule has 0 fully saturated rings. The number of para-hydroxylation sites is 1. The molecule has 2 heterocycles. The molecule has 0 aliphatic carbocycles. The van der Waals surface area contributed by atoms with Gasteiger partial charge in [0.25, 0.3) is 5.95 Å². The molecule has 0 aliphatic rings. The Morgan fingerprint density at radius 2 is 2.00 bits per heavy atom. The third kappa shape index (κ3) is 3.79. The van der Waals surface area contributed by atoms with Gasteiger partial charge in [0.15, 0.2) is 0 Å². The third-order valence-corrected chi connectivity index (χ3v) is 3.13. The smallest absolute Gasteiger partial charge is 0.270 e. The van der Waals surface area contributed by atoms with Crippen LogP contribution in [0.5, 0.6) is 0 Å². The molecule has 3 aromatic rings. The van der Waals surface area contributed by atoms with Gasteiger partial charge in [-0.1, -0.05) is 30.2 Å². The van der Waals surface area contributed by atoms with Crippen LogP contribution in [0.4, 0.5) is 5.95 Å². The van der Waals surface area contributed by atoms with Crippen LogP contribution in [0.25, 0.3) is 5.69 Å². The van der Waals surface area contributed by atoms with Gasteiger partial charge >= 0.3 is 0 Å². The highest BCUT2D eigenvalue weighted by Gasteiger charge is 2.10. The van der Waals surface area contributed by atoms with E-state index in [4.69, 9.17) is 0 Å². The summed E-state index contributed by atoms with van der Waals surface area (Å²) in [5, 5.41) is 18.7. The molecule has 0 spiro atoms. The van der Waals surface area contributed by atoms with E-state index in [0.717, 1.165) is 12.1 Å². The van der Waals surface area contributed by atoms with Crippen molar-refractivity contribution in [3.8, 4) is 5.69 Å². The fourth-order valence-corrected chi connectivity index (χ4v) is 2.10. The van der Waals surface area contributed by atoms with Crippen LogP contribution in [-0.2, 0) is 17.8 Å². The molecule has 0 saturated carbocycles. The minimum Gasteiger partial charge on any atom is -0.292 e. The molecule has 3 rings (SSSR count). The number of hydrogen-bond donors (Lipinski definition) is 1. The molecular weight excluding hydrogens is 294 g/mol. The Hall–Kier alpha value is -3.03. The van der Waals surface area contributed by atoms with Crippen molar-refractivity contribution in [2.24, 2.45) is 0 Å². The number of carbonyl (C=O) groups is 1. The zero-order chi connectivity index (χ0) is 16.1. The van der Waals surface area contributed by atoms with E-state index < -0.39 is 0 Å². The van der Waals surface area contributed by atoms with Crippen molar-refractivity contribution >= 4 is 11.9 Å². The number of tetrazole rings is 1. The van der Waals surface area contributed by atoms with Gasteiger partial charge in [-0.3, -0.25) is 10.1 Å². The van der Waals surface area contributed by atoms with Crippen LogP contribution in [0, 0.1) is 0 Å². The average Bonchev–Trinajstić information content (AvgIpc) is 3.18. The summed E-state index contributed by atoms with van der Waals surface area (Å²) in [7, 11) is 0. The van der Waals surface area contributed by atoms with Gasteiger partial charge in [0.1, 0.15) is 0 Å². The largest absolute Gasteiger partial charge is 0.292 e. The predicted octanol–water partition coefficient (Wildman–Crippen LogP) is 1.45. The molecule has 2 aromatic heterocycles. The van der Waals surface area contributed by atoms with Gasteiger partial charge in [-0.2, -0.15) is 9.90 Å². The van der Waals surface area contributed by atoms with Gasteiger partial charge in [0, 0.05) is 6.20 Å². The van der Waals surface area contributed by atoms with Crippen molar-refractivity contribution in [1.82, 2.24) is 30.0 Å². The van der Waals surface area contributed by atoms with E-state index in [-0.39, 0.29) is 18.3 Å². The maximum atomic E-state index is 12.0. The van der Waals surface area contributed by atoms with Crippen molar-refractivity contribution in [3.05, 3.63) is 48.3 Å². The average molecular weight is 311 g/mol. The van der Waals surface area contributed by atoms with Crippen molar-refractivity contribution < 1.29 is 4.79 Å². The molecule has 0 aliphatic heterocycles. The van der Waals surface area contributed by atoms with Crippen LogP contribution in [0.15, 0.2) is 42.6 Å². The van der Waals surface area contributed by atoms with E-state index in [1.807, 2.05) is 49.5 Å². The highest BCUT2D eigenvalue weighted by Crippen LogP contribution is 2.07. The number of anilines is 1. The lowest BCUT2D eigenvalue weighted by atomic mass is 10.3. The van der Waals surface area contributed by atoms with Gasteiger partial charge in [0.2, 0.25) is 5.91 Å². The summed E-state index contributed by atoms with van der Waals surface area (Å²) < 4.78 is 1.73. The Kier molecular flexibility index (Phi) is 4.41. The quantitative estimate of drug-likeness (QED) is 0.744. The number of benzene rings is 1. The Labute approximate surface area is 133 Å². The van der Waals surface area contributed by atoms with E-state index in [0.29, 0.717) is 12.2 Å². The van der Waals surface area contributed by atoms with Crippen molar-refractivity contribution in [2.45, 2.75) is 26.3 Å². The van der Waals surface area contributed by atoms with Gasteiger partial charge in [-0.25, -0.2) is 4.68 Å². The van der Waals surface area contributed by atoms with Crippen LogP contribution in [0.3, 0.4) is 0 Å². The zero-order valence-electron chi connectivity index (χ0n) is 12.8. The second-order valence-corrected chi connectivity index (χ2v) is 5.02. The summed E-state index contributed by atoms with van der Waals surface area (Å²) >= 11 is 0. The first-order valence-electron chi connectivity index (χ1n) is 7.42. The van der Waals surface area contributed by atoms with E-state index >= 15 is 0 Å². The molecule has 0 unspecified atom stereocenters. The summed E-state index contributed by atoms with van der Waals surface area (Å²) in [4.78, 5) is 13.5. The lowest BCUT2D eigenvalue weighted by Gasteiger charge is -2.00. The normalized spacial score (nSPS) is 10.7. The second-order valence-electron chi connectivity index (χ2n) is 5.02. The minimum atomic E-state index is -0.223. The number of aromatic nitrogens is 6. The summed E-state index contributed by atoms with van der Waals surface area (Å²) in [5.74, 6) is -0.00898. The van der Waals surface area contributed by atoms with Crippen LogP contribution in [0.2, 0.25) is 0 Å². The minimum absolute atomic E-state index is 0.155. The highest BCUT2D eigenvalue weighted by molar-refractivity contribution is 5.90. The van der Waals surface area contributed by atoms with E-state index in [9.17, 15) is 4.79 Å². The fourth-order valence-electron chi connectivity index (χ4n) is 2.10. The molecule has 8 heteroatoms. The van der Waals surface area contributed by atoms with Crippen molar-refractivity contribution in [2.75, 3.05) is 5.32 Å². The maximum Gasteiger partial charge on any atom is 0.270 e. The first-order valence-corrected chi connectivity index (χ1v) is 7.42. The van der Waals surface area contributed by atoms with Crippen molar-refractivity contribution in [1.29, 1.82) is 0 Å². The Bertz CT molecular complexity index is 778. The Balaban J connectivity index is 1.60. The SMILES string of the molecule is CCCn1nnc(NC(=O)Cc2ccn(-c3ccccc3)n2)n1. The lowest BCUT2D eigenvalue weighted by molar-refractivity contribution is -0.115. The molecule has 118 valence electrons. The molecule has 1 aromatic carbocycles. The third-order valence-electron chi connectivity index (χ3n) is 3.13. The number of amides is 1. The standard InChI is InChI=1S/C15H17N7O/c1-2-9-22-19-15(17-20-22)16-14(23)11-12-8-10-21(18-12)13-6-4-3-5-7-13/h3-8,10H,2,9,11H2,1H3,(H,16,19,23). The molecule has 0 atom stereocenters. The molecule has 0 saturated heterocycles. The Morgan fingerprint density at radius 1 is 1.17 bits per heavy atom. The molecular formula is C15H17N7O.